The van der Waals surface area contributed by atoms with Gasteiger partial charge in [-0.05, 0) is 12.1 Å². The van der Waals surface area contributed by atoms with Crippen LogP contribution in [-0.4, -0.2) is 27.4 Å². The van der Waals surface area contributed by atoms with E-state index in [1.165, 1.54) is 30.4 Å². The average Bonchev–Trinajstić information content (AvgIpc) is 2.39. The lowest BCUT2D eigenvalue weighted by Crippen LogP contribution is -2.20. The molecule has 0 saturated carbocycles. The van der Waals surface area contributed by atoms with Crippen molar-refractivity contribution in [2.24, 2.45) is 0 Å². The zero-order chi connectivity index (χ0) is 13.3. The first-order valence-electron chi connectivity index (χ1n) is 5.01. The smallest absolute Gasteiger partial charge is 0.285 e. The third-order valence-electron chi connectivity index (χ3n) is 2.66. The van der Waals surface area contributed by atoms with E-state index in [1.807, 2.05) is 0 Å². The summed E-state index contributed by atoms with van der Waals surface area (Å²) >= 11 is 0. The van der Waals surface area contributed by atoms with Gasteiger partial charge in [-0.1, -0.05) is 12.1 Å². The summed E-state index contributed by atoms with van der Waals surface area (Å²) in [5.74, 6) is -0.455. The highest BCUT2D eigenvalue weighted by Crippen LogP contribution is 2.28. The van der Waals surface area contributed by atoms with E-state index in [0.29, 0.717) is 0 Å². The van der Waals surface area contributed by atoms with Crippen molar-refractivity contribution in [2.75, 3.05) is 7.11 Å². The molecule has 2 rings (SSSR count). The normalized spacial score (nSPS) is 18.2. The molecule has 18 heavy (non-hydrogen) atoms. The van der Waals surface area contributed by atoms with Gasteiger partial charge < -0.3 is 0 Å². The van der Waals surface area contributed by atoms with Crippen LogP contribution in [0.2, 0.25) is 0 Å². The van der Waals surface area contributed by atoms with Crippen molar-refractivity contribution >= 4 is 22.0 Å². The molecule has 0 aliphatic heterocycles. The van der Waals surface area contributed by atoms with E-state index in [9.17, 15) is 13.2 Å². The molecule has 7 heteroatoms. The van der Waals surface area contributed by atoms with Gasteiger partial charge in [0.2, 0.25) is 5.39 Å². The molecule has 1 atom stereocenters. The SMILES string of the molecule is COS(=O)(=O)c1cccc2c1C=CC([N+]#N)C2=O. The number of fused-ring (bicyclic) bond motifs is 1. The summed E-state index contributed by atoms with van der Waals surface area (Å²) in [6.07, 6.45) is 2.77. The maximum atomic E-state index is 11.9. The molecule has 0 radical (unpaired) electrons. The Kier molecular flexibility index (Phi) is 2.98. The lowest BCUT2D eigenvalue weighted by Gasteiger charge is -2.12. The van der Waals surface area contributed by atoms with Crippen molar-refractivity contribution in [3.8, 4) is 0 Å². The van der Waals surface area contributed by atoms with Crippen LogP contribution in [-0.2, 0) is 14.3 Å². The van der Waals surface area contributed by atoms with Gasteiger partial charge >= 0.3 is 6.04 Å². The van der Waals surface area contributed by atoms with Crippen LogP contribution in [0.3, 0.4) is 0 Å². The Bertz CT molecular complexity index is 685. The first kappa shape index (κ1) is 12.4. The fraction of sp³-hybridized carbons (Fsp3) is 0.182. The van der Waals surface area contributed by atoms with E-state index in [1.54, 1.807) is 0 Å². The second-order valence-corrected chi connectivity index (χ2v) is 5.30. The van der Waals surface area contributed by atoms with E-state index < -0.39 is 21.9 Å². The first-order chi connectivity index (χ1) is 8.51. The zero-order valence-electron chi connectivity index (χ0n) is 9.40. The standard InChI is InChI=1S/C11H9N2O4S/c1-17-18(15,16)10-4-2-3-8-7(10)5-6-9(13-12)11(8)14/h2-6,9H,1H3/q+1. The van der Waals surface area contributed by atoms with Crippen LogP contribution < -0.4 is 0 Å². The number of carbonyl (C=O) groups excluding carboxylic acids is 1. The molecule has 0 bridgehead atoms. The Hall–Kier alpha value is -2.04. The number of rotatable bonds is 2. The summed E-state index contributed by atoms with van der Waals surface area (Å²) in [4.78, 5) is 14.7. The van der Waals surface area contributed by atoms with Gasteiger partial charge in [0, 0.05) is 17.2 Å². The second kappa shape index (κ2) is 4.33. The predicted octanol–water partition coefficient (Wildman–Crippen LogP) is 1.45. The predicted molar refractivity (Wildman–Crippen MR) is 62.9 cm³/mol. The largest absolute Gasteiger partial charge is 0.394 e. The number of nitrogens with zero attached hydrogens (tertiary/aromatic N) is 2. The molecule has 0 N–H and O–H groups in total. The molecule has 1 aliphatic carbocycles. The topological polar surface area (TPSA) is 88.6 Å². The van der Waals surface area contributed by atoms with Crippen LogP contribution >= 0.6 is 0 Å². The van der Waals surface area contributed by atoms with E-state index in [0.717, 1.165) is 7.11 Å². The molecule has 0 saturated heterocycles. The van der Waals surface area contributed by atoms with Gasteiger partial charge in [-0.15, -0.1) is 0 Å². The molecular weight excluding hydrogens is 256 g/mol. The molecule has 0 heterocycles. The molecule has 0 amide bonds. The molecule has 1 unspecified atom stereocenters. The van der Waals surface area contributed by atoms with Gasteiger partial charge in [0.1, 0.15) is 9.87 Å². The van der Waals surface area contributed by atoms with Crippen LogP contribution in [0, 0.1) is 5.39 Å². The van der Waals surface area contributed by atoms with Gasteiger partial charge in [0.25, 0.3) is 15.9 Å². The van der Waals surface area contributed by atoms with E-state index in [4.69, 9.17) is 5.39 Å². The summed E-state index contributed by atoms with van der Waals surface area (Å²) in [6.45, 7) is 0. The number of hydrogen-bond acceptors (Lipinski definition) is 5. The Labute approximate surface area is 104 Å². The lowest BCUT2D eigenvalue weighted by atomic mass is 9.93. The monoisotopic (exact) mass is 265 g/mol. The molecule has 1 aromatic rings. The molecule has 6 nitrogen and oxygen atoms in total. The third-order valence-corrected chi connectivity index (χ3v) is 3.99. The van der Waals surface area contributed by atoms with E-state index in [-0.39, 0.29) is 16.0 Å². The highest BCUT2D eigenvalue weighted by molar-refractivity contribution is 7.86. The van der Waals surface area contributed by atoms with Crippen molar-refractivity contribution in [1.82, 2.24) is 0 Å². The summed E-state index contributed by atoms with van der Waals surface area (Å²) < 4.78 is 27.8. The second-order valence-electron chi connectivity index (χ2n) is 3.62. The molecule has 0 aromatic heterocycles. The Morgan fingerprint density at radius 3 is 2.72 bits per heavy atom. The average molecular weight is 265 g/mol. The Morgan fingerprint density at radius 2 is 2.11 bits per heavy atom. The van der Waals surface area contributed by atoms with Gasteiger partial charge in [0.05, 0.1) is 7.11 Å². The van der Waals surface area contributed by atoms with Gasteiger partial charge in [-0.3, -0.25) is 8.98 Å². The van der Waals surface area contributed by atoms with Crippen LogP contribution in [0.15, 0.2) is 29.2 Å². The van der Waals surface area contributed by atoms with Crippen LogP contribution in [0.1, 0.15) is 15.9 Å². The summed E-state index contributed by atoms with van der Waals surface area (Å²) in [7, 11) is -2.83. The highest BCUT2D eigenvalue weighted by Gasteiger charge is 2.35. The number of benzene rings is 1. The third kappa shape index (κ3) is 1.81. The maximum absolute atomic E-state index is 11.9. The van der Waals surface area contributed by atoms with Crippen molar-refractivity contribution in [3.05, 3.63) is 40.4 Å². The minimum absolute atomic E-state index is 0.0801. The number of carbonyl (C=O) groups is 1. The molecule has 92 valence electrons. The summed E-state index contributed by atoms with van der Waals surface area (Å²) in [5, 5.41) is 8.67. The molecule has 1 aliphatic rings. The Morgan fingerprint density at radius 1 is 1.39 bits per heavy atom. The molecule has 0 spiro atoms. The van der Waals surface area contributed by atoms with E-state index >= 15 is 0 Å². The van der Waals surface area contributed by atoms with Gasteiger partial charge in [-0.25, -0.2) is 0 Å². The lowest BCUT2D eigenvalue weighted by molar-refractivity contribution is 0.0987. The van der Waals surface area contributed by atoms with Gasteiger partial charge in [-0.2, -0.15) is 8.42 Å². The Balaban J connectivity index is 2.69. The van der Waals surface area contributed by atoms with Crippen molar-refractivity contribution in [2.45, 2.75) is 10.9 Å². The number of Topliss-reactive ketones (excluding diaryl/α,β-unsaturated/α-hetero) is 1. The van der Waals surface area contributed by atoms with Crippen LogP contribution in [0.25, 0.3) is 11.1 Å². The molecular formula is C11H9N2O4S+. The molecule has 1 aromatic carbocycles. The van der Waals surface area contributed by atoms with Crippen LogP contribution in [0.5, 0.6) is 0 Å². The summed E-state index contributed by atoms with van der Waals surface area (Å²) in [5.41, 5.74) is 0.447. The first-order valence-corrected chi connectivity index (χ1v) is 6.42. The van der Waals surface area contributed by atoms with Crippen molar-refractivity contribution in [1.29, 1.82) is 5.39 Å². The zero-order valence-corrected chi connectivity index (χ0v) is 10.2. The maximum Gasteiger partial charge on any atom is 0.394 e. The van der Waals surface area contributed by atoms with Crippen LogP contribution in [0.4, 0.5) is 0 Å². The van der Waals surface area contributed by atoms with Crippen molar-refractivity contribution in [3.63, 3.8) is 0 Å². The minimum atomic E-state index is -3.88. The highest BCUT2D eigenvalue weighted by atomic mass is 32.2. The van der Waals surface area contributed by atoms with Gasteiger partial charge in [0.15, 0.2) is 0 Å². The minimum Gasteiger partial charge on any atom is -0.285 e. The molecule has 0 fully saturated rings. The summed E-state index contributed by atoms with van der Waals surface area (Å²) in [6, 6.07) is 3.29. The number of diazo groups is 1. The number of hydrogen-bond donors (Lipinski definition) is 0. The van der Waals surface area contributed by atoms with Crippen molar-refractivity contribution < 1.29 is 17.4 Å². The number of ketones is 1. The fourth-order valence-electron chi connectivity index (χ4n) is 1.76. The quantitative estimate of drug-likeness (QED) is 0.596. The van der Waals surface area contributed by atoms with E-state index in [2.05, 4.69) is 9.16 Å². The fourth-order valence-corrected chi connectivity index (χ4v) is 2.64.